The first-order valence-corrected chi connectivity index (χ1v) is 9.12. The molecule has 7 heteroatoms. The van der Waals surface area contributed by atoms with Gasteiger partial charge >= 0.3 is 6.18 Å². The van der Waals surface area contributed by atoms with Crippen LogP contribution in [0.5, 0.6) is 0 Å². The number of rotatable bonds is 4. The molecule has 0 bridgehead atoms. The quantitative estimate of drug-likeness (QED) is 0.319. The Morgan fingerprint density at radius 1 is 1.03 bits per heavy atom. The molecule has 0 aliphatic heterocycles. The van der Waals surface area contributed by atoms with Crippen LogP contribution in [0.1, 0.15) is 36.8 Å². The molecule has 1 nitrogen and oxygen atoms in total. The van der Waals surface area contributed by atoms with Gasteiger partial charge in [-0.1, -0.05) is 12.0 Å². The molecule has 1 fully saturated rings. The summed E-state index contributed by atoms with van der Waals surface area (Å²) in [5, 5.41) is -0.709. The van der Waals surface area contributed by atoms with Crippen LogP contribution in [0.4, 0.5) is 26.3 Å². The second-order valence-electron chi connectivity index (χ2n) is 7.05. The second-order valence-corrected chi connectivity index (χ2v) is 7.05. The molecule has 0 aromatic heterocycles. The molecule has 0 heterocycles. The van der Waals surface area contributed by atoms with Crippen LogP contribution in [0.3, 0.4) is 0 Å². The molecule has 1 aliphatic carbocycles. The molecule has 3 rings (SSSR count). The van der Waals surface area contributed by atoms with Crippen LogP contribution in [0, 0.1) is 35.2 Å². The van der Waals surface area contributed by atoms with Gasteiger partial charge in [0.15, 0.2) is 5.82 Å². The molecule has 2 aromatic rings. The largest absolute Gasteiger partial charge is 0.458 e. The molecule has 0 amide bonds. The topological polar surface area (TPSA) is 9.23 Å². The van der Waals surface area contributed by atoms with E-state index in [1.165, 1.54) is 12.0 Å². The van der Waals surface area contributed by atoms with Gasteiger partial charge in [0.2, 0.25) is 0 Å². The summed E-state index contributed by atoms with van der Waals surface area (Å²) in [6.07, 6.45) is 0.619. The standard InChI is InChI=1S/C22H18F6O/c1-2-13-3-5-16(6-4-13)29-12-14-9-15-11-18(23)17(7-8-22(26,27)28)21(25)20(15)19(24)10-14/h2,9-11,13,16H,1,3-6,12H2. The number of alkyl halides is 3. The highest BCUT2D eigenvalue weighted by atomic mass is 19.4. The summed E-state index contributed by atoms with van der Waals surface area (Å²) in [5.41, 5.74) is -0.731. The SMILES string of the molecule is C=CC1CCC(OCc2cc(F)c3c(F)c(C#CC(F)(F)F)c(F)cc3c2)CC1. The van der Waals surface area contributed by atoms with Gasteiger partial charge in [-0.2, -0.15) is 13.2 Å². The molecule has 29 heavy (non-hydrogen) atoms. The van der Waals surface area contributed by atoms with Gasteiger partial charge in [0, 0.05) is 5.92 Å². The highest BCUT2D eigenvalue weighted by molar-refractivity contribution is 5.86. The predicted octanol–water partition coefficient (Wildman–Crippen LogP) is 6.43. The van der Waals surface area contributed by atoms with E-state index in [9.17, 15) is 26.3 Å². The number of hydrogen-bond donors (Lipinski definition) is 0. The Morgan fingerprint density at radius 3 is 2.34 bits per heavy atom. The van der Waals surface area contributed by atoms with E-state index >= 15 is 0 Å². The average molecular weight is 412 g/mol. The summed E-state index contributed by atoms with van der Waals surface area (Å²) in [6, 6.07) is 3.18. The Balaban J connectivity index is 1.84. The fraction of sp³-hybridized carbons (Fsp3) is 0.364. The Kier molecular flexibility index (Phi) is 6.23. The van der Waals surface area contributed by atoms with E-state index in [4.69, 9.17) is 4.74 Å². The Labute approximate surface area is 164 Å². The molecule has 0 saturated heterocycles. The highest BCUT2D eigenvalue weighted by Crippen LogP contribution is 2.30. The first-order chi connectivity index (χ1) is 13.7. The summed E-state index contributed by atoms with van der Waals surface area (Å²) in [6.45, 7) is 3.84. The predicted molar refractivity (Wildman–Crippen MR) is 97.5 cm³/mol. The number of ether oxygens (including phenoxy) is 1. The van der Waals surface area contributed by atoms with Crippen molar-refractivity contribution in [2.24, 2.45) is 5.92 Å². The maximum atomic E-state index is 14.5. The van der Waals surface area contributed by atoms with Crippen molar-refractivity contribution >= 4 is 10.8 Å². The molecule has 1 saturated carbocycles. The molecular formula is C22H18F6O. The van der Waals surface area contributed by atoms with Crippen molar-refractivity contribution in [3.63, 3.8) is 0 Å². The zero-order valence-electron chi connectivity index (χ0n) is 15.4. The summed E-state index contributed by atoms with van der Waals surface area (Å²) in [5.74, 6) is -1.07. The molecule has 2 aromatic carbocycles. The van der Waals surface area contributed by atoms with Gasteiger partial charge in [-0.15, -0.1) is 6.58 Å². The minimum atomic E-state index is -4.92. The van der Waals surface area contributed by atoms with E-state index in [-0.39, 0.29) is 18.1 Å². The van der Waals surface area contributed by atoms with E-state index < -0.39 is 34.6 Å². The van der Waals surface area contributed by atoms with Crippen LogP contribution in [0.2, 0.25) is 0 Å². The van der Waals surface area contributed by atoms with Crippen molar-refractivity contribution in [3.8, 4) is 11.8 Å². The van der Waals surface area contributed by atoms with Crippen LogP contribution in [0.25, 0.3) is 10.8 Å². The summed E-state index contributed by atoms with van der Waals surface area (Å²) in [7, 11) is 0. The zero-order valence-corrected chi connectivity index (χ0v) is 15.4. The first kappa shape index (κ1) is 21.3. The fourth-order valence-electron chi connectivity index (χ4n) is 3.51. The number of halogens is 6. The molecule has 154 valence electrons. The van der Waals surface area contributed by atoms with Crippen molar-refractivity contribution in [3.05, 3.63) is 59.4 Å². The highest BCUT2D eigenvalue weighted by Gasteiger charge is 2.24. The maximum Gasteiger partial charge on any atom is 0.458 e. The van der Waals surface area contributed by atoms with E-state index in [2.05, 4.69) is 6.58 Å². The first-order valence-electron chi connectivity index (χ1n) is 9.12. The lowest BCUT2D eigenvalue weighted by molar-refractivity contribution is -0.0696. The monoisotopic (exact) mass is 412 g/mol. The molecular weight excluding hydrogens is 394 g/mol. The van der Waals surface area contributed by atoms with Crippen LogP contribution in [0.15, 0.2) is 30.9 Å². The van der Waals surface area contributed by atoms with Gasteiger partial charge < -0.3 is 4.74 Å². The Hall–Kier alpha value is -2.46. The van der Waals surface area contributed by atoms with Gasteiger partial charge in [-0.25, -0.2) is 13.2 Å². The minimum Gasteiger partial charge on any atom is -0.374 e. The van der Waals surface area contributed by atoms with Crippen molar-refractivity contribution in [1.82, 2.24) is 0 Å². The Morgan fingerprint density at radius 2 is 1.72 bits per heavy atom. The molecule has 0 spiro atoms. The number of benzene rings is 2. The molecule has 0 atom stereocenters. The third-order valence-electron chi connectivity index (χ3n) is 5.01. The maximum absolute atomic E-state index is 14.5. The zero-order chi connectivity index (χ0) is 21.2. The summed E-state index contributed by atoms with van der Waals surface area (Å²) in [4.78, 5) is 0. The molecule has 0 radical (unpaired) electrons. The van der Waals surface area contributed by atoms with Crippen LogP contribution in [-0.4, -0.2) is 12.3 Å². The van der Waals surface area contributed by atoms with Gasteiger partial charge in [0.1, 0.15) is 11.6 Å². The van der Waals surface area contributed by atoms with Crippen LogP contribution < -0.4 is 0 Å². The third-order valence-corrected chi connectivity index (χ3v) is 5.01. The number of fused-ring (bicyclic) bond motifs is 1. The lowest BCUT2D eigenvalue weighted by Crippen LogP contribution is -2.20. The van der Waals surface area contributed by atoms with Crippen LogP contribution in [-0.2, 0) is 11.3 Å². The third kappa shape index (κ3) is 5.13. The lowest BCUT2D eigenvalue weighted by Gasteiger charge is -2.26. The minimum absolute atomic E-state index is 0.0125. The average Bonchev–Trinajstić information content (AvgIpc) is 2.65. The lowest BCUT2D eigenvalue weighted by atomic mass is 9.87. The van der Waals surface area contributed by atoms with Crippen molar-refractivity contribution in [2.45, 2.75) is 44.6 Å². The van der Waals surface area contributed by atoms with Crippen LogP contribution >= 0.6 is 0 Å². The molecule has 0 unspecified atom stereocenters. The second kappa shape index (κ2) is 8.50. The van der Waals surface area contributed by atoms with E-state index in [0.29, 0.717) is 11.5 Å². The summed E-state index contributed by atoms with van der Waals surface area (Å²) >= 11 is 0. The van der Waals surface area contributed by atoms with E-state index in [1.54, 1.807) is 0 Å². The fourth-order valence-corrected chi connectivity index (χ4v) is 3.51. The van der Waals surface area contributed by atoms with Crippen molar-refractivity contribution < 1.29 is 31.1 Å². The van der Waals surface area contributed by atoms with E-state index in [1.807, 2.05) is 6.08 Å². The smallest absolute Gasteiger partial charge is 0.374 e. The number of hydrogen-bond acceptors (Lipinski definition) is 1. The Bertz CT molecular complexity index is 975. The van der Waals surface area contributed by atoms with Gasteiger partial charge in [-0.3, -0.25) is 0 Å². The normalized spacial score (nSPS) is 19.7. The van der Waals surface area contributed by atoms with Gasteiger partial charge in [-0.05, 0) is 60.7 Å². The molecule has 0 N–H and O–H groups in total. The molecule has 1 aliphatic rings. The number of allylic oxidation sites excluding steroid dienone is 1. The van der Waals surface area contributed by atoms with Crippen molar-refractivity contribution in [1.29, 1.82) is 0 Å². The van der Waals surface area contributed by atoms with Gasteiger partial charge in [0.25, 0.3) is 0 Å². The summed E-state index contributed by atoms with van der Waals surface area (Å²) < 4.78 is 85.5. The van der Waals surface area contributed by atoms with Gasteiger partial charge in [0.05, 0.1) is 23.7 Å². The van der Waals surface area contributed by atoms with E-state index in [0.717, 1.165) is 43.7 Å². The van der Waals surface area contributed by atoms with Crippen molar-refractivity contribution in [2.75, 3.05) is 0 Å².